The van der Waals surface area contributed by atoms with Crippen LogP contribution in [-0.2, 0) is 0 Å². The van der Waals surface area contributed by atoms with Gasteiger partial charge in [0.2, 0.25) is 5.82 Å². The first-order valence-corrected chi connectivity index (χ1v) is 4.31. The first kappa shape index (κ1) is 9.66. The average Bonchev–Trinajstić information content (AvgIpc) is 2.02. The van der Waals surface area contributed by atoms with Crippen LogP contribution >= 0.6 is 0 Å². The molecule has 0 aliphatic heterocycles. The van der Waals surface area contributed by atoms with E-state index >= 15 is 0 Å². The number of nitriles is 1. The van der Waals surface area contributed by atoms with E-state index in [1.165, 1.54) is 0 Å². The van der Waals surface area contributed by atoms with E-state index in [0.29, 0.717) is 5.92 Å². The molecule has 0 atom stereocenters. The minimum atomic E-state index is 0.263. The van der Waals surface area contributed by atoms with Crippen molar-refractivity contribution in [3.8, 4) is 6.07 Å². The molecule has 0 radical (unpaired) electrons. The minimum Gasteiger partial charge on any atom is -0.224 e. The van der Waals surface area contributed by atoms with Crippen LogP contribution in [-0.4, -0.2) is 9.97 Å². The number of hydrogen-bond donors (Lipinski definition) is 0. The van der Waals surface area contributed by atoms with Crippen molar-refractivity contribution >= 4 is 0 Å². The molecular formula is C10H13N3. The number of nitrogens with zero attached hydrogens (tertiary/aromatic N) is 3. The summed E-state index contributed by atoms with van der Waals surface area (Å²) in [7, 11) is 0. The Morgan fingerprint density at radius 1 is 1.15 bits per heavy atom. The highest BCUT2D eigenvalue weighted by Crippen LogP contribution is 2.19. The molecule has 0 aromatic carbocycles. The van der Waals surface area contributed by atoms with Crippen LogP contribution in [0.3, 0.4) is 0 Å². The lowest BCUT2D eigenvalue weighted by molar-refractivity contribution is 0.807. The zero-order chi connectivity index (χ0) is 10.0. The van der Waals surface area contributed by atoms with E-state index in [0.717, 1.165) is 17.0 Å². The van der Waals surface area contributed by atoms with Gasteiger partial charge in [0.1, 0.15) is 6.07 Å². The molecule has 0 spiro atoms. The van der Waals surface area contributed by atoms with Crippen molar-refractivity contribution < 1.29 is 0 Å². The lowest BCUT2D eigenvalue weighted by Crippen LogP contribution is -2.04. The van der Waals surface area contributed by atoms with Crippen LogP contribution in [0.15, 0.2) is 0 Å². The summed E-state index contributed by atoms with van der Waals surface area (Å²) in [6.07, 6.45) is 0. The molecule has 0 fully saturated rings. The zero-order valence-electron chi connectivity index (χ0n) is 8.42. The largest absolute Gasteiger partial charge is 0.232 e. The smallest absolute Gasteiger partial charge is 0.224 e. The van der Waals surface area contributed by atoms with Gasteiger partial charge in [-0.3, -0.25) is 0 Å². The number of aromatic nitrogens is 2. The second-order valence-electron chi connectivity index (χ2n) is 3.40. The lowest BCUT2D eigenvalue weighted by Gasteiger charge is -2.11. The first-order chi connectivity index (χ1) is 6.06. The molecule has 3 nitrogen and oxygen atoms in total. The maximum absolute atomic E-state index is 8.64. The Morgan fingerprint density at radius 2 is 1.62 bits per heavy atom. The molecular weight excluding hydrogens is 162 g/mol. The van der Waals surface area contributed by atoms with Crippen molar-refractivity contribution in [2.45, 2.75) is 33.6 Å². The maximum Gasteiger partial charge on any atom is 0.232 e. The molecule has 13 heavy (non-hydrogen) atoms. The van der Waals surface area contributed by atoms with Crippen LogP contribution in [0.4, 0.5) is 0 Å². The third-order valence-corrected chi connectivity index (χ3v) is 2.00. The molecule has 0 unspecified atom stereocenters. The summed E-state index contributed by atoms with van der Waals surface area (Å²) in [5.74, 6) is 0.673. The fourth-order valence-corrected chi connectivity index (χ4v) is 1.61. The summed E-state index contributed by atoms with van der Waals surface area (Å²) in [6.45, 7) is 8.05. The molecule has 1 aromatic rings. The Labute approximate surface area is 78.5 Å². The van der Waals surface area contributed by atoms with Crippen molar-refractivity contribution in [1.82, 2.24) is 9.97 Å². The molecule has 0 amide bonds. The van der Waals surface area contributed by atoms with Gasteiger partial charge in [-0.05, 0) is 25.3 Å². The van der Waals surface area contributed by atoms with Crippen LogP contribution in [0, 0.1) is 25.2 Å². The normalized spacial score (nSPS) is 10.2. The van der Waals surface area contributed by atoms with Crippen molar-refractivity contribution in [3.05, 3.63) is 22.8 Å². The summed E-state index contributed by atoms with van der Waals surface area (Å²) in [5.41, 5.74) is 2.98. The van der Waals surface area contributed by atoms with Crippen molar-refractivity contribution in [3.63, 3.8) is 0 Å². The van der Waals surface area contributed by atoms with Gasteiger partial charge in [-0.1, -0.05) is 13.8 Å². The molecule has 3 heteroatoms. The summed E-state index contributed by atoms with van der Waals surface area (Å²) in [5, 5.41) is 8.64. The molecule has 0 aliphatic rings. The molecule has 1 rings (SSSR count). The fraction of sp³-hybridized carbons (Fsp3) is 0.500. The van der Waals surface area contributed by atoms with Gasteiger partial charge >= 0.3 is 0 Å². The molecule has 0 saturated carbocycles. The average molecular weight is 175 g/mol. The van der Waals surface area contributed by atoms with Crippen molar-refractivity contribution in [2.24, 2.45) is 0 Å². The van der Waals surface area contributed by atoms with Crippen LogP contribution in [0.1, 0.15) is 42.5 Å². The number of hydrogen-bond acceptors (Lipinski definition) is 3. The van der Waals surface area contributed by atoms with Gasteiger partial charge in [0.05, 0.1) is 0 Å². The first-order valence-electron chi connectivity index (χ1n) is 4.31. The predicted molar refractivity (Wildman–Crippen MR) is 50.3 cm³/mol. The van der Waals surface area contributed by atoms with Gasteiger partial charge in [-0.2, -0.15) is 5.26 Å². The molecule has 0 bridgehead atoms. The van der Waals surface area contributed by atoms with Crippen LogP contribution in [0.2, 0.25) is 0 Å². The van der Waals surface area contributed by atoms with Gasteiger partial charge in [-0.25, -0.2) is 9.97 Å². The second-order valence-corrected chi connectivity index (χ2v) is 3.40. The van der Waals surface area contributed by atoms with Gasteiger partial charge < -0.3 is 0 Å². The van der Waals surface area contributed by atoms with Crippen molar-refractivity contribution in [2.75, 3.05) is 0 Å². The van der Waals surface area contributed by atoms with E-state index in [2.05, 4.69) is 23.8 Å². The van der Waals surface area contributed by atoms with E-state index in [1.807, 2.05) is 19.9 Å². The van der Waals surface area contributed by atoms with Gasteiger partial charge in [0.15, 0.2) is 0 Å². The Bertz CT molecular complexity index is 338. The van der Waals surface area contributed by atoms with E-state index in [1.54, 1.807) is 0 Å². The molecule has 0 N–H and O–H groups in total. The molecule has 68 valence electrons. The van der Waals surface area contributed by atoms with Gasteiger partial charge in [0.25, 0.3) is 0 Å². The fourth-order valence-electron chi connectivity index (χ4n) is 1.61. The topological polar surface area (TPSA) is 49.6 Å². The molecule has 1 aromatic heterocycles. The highest BCUT2D eigenvalue weighted by atomic mass is 14.9. The standard InChI is InChI=1S/C10H13N3/c1-6(2)10-7(3)12-9(5-11)13-8(10)4/h6H,1-4H3. The van der Waals surface area contributed by atoms with Crippen LogP contribution < -0.4 is 0 Å². The zero-order valence-corrected chi connectivity index (χ0v) is 8.42. The molecule has 0 saturated heterocycles. The third-order valence-electron chi connectivity index (χ3n) is 2.00. The number of rotatable bonds is 1. The lowest BCUT2D eigenvalue weighted by atomic mass is 10.0. The minimum absolute atomic E-state index is 0.263. The Morgan fingerprint density at radius 3 is 1.92 bits per heavy atom. The Kier molecular flexibility index (Phi) is 2.62. The van der Waals surface area contributed by atoms with Gasteiger partial charge in [0, 0.05) is 11.4 Å². The van der Waals surface area contributed by atoms with E-state index in [-0.39, 0.29) is 5.82 Å². The van der Waals surface area contributed by atoms with Crippen LogP contribution in [0.25, 0.3) is 0 Å². The Balaban J connectivity index is 3.33. The predicted octanol–water partition coefficient (Wildman–Crippen LogP) is 2.09. The number of aryl methyl sites for hydroxylation is 2. The maximum atomic E-state index is 8.64. The van der Waals surface area contributed by atoms with Gasteiger partial charge in [-0.15, -0.1) is 0 Å². The van der Waals surface area contributed by atoms with E-state index in [9.17, 15) is 0 Å². The van der Waals surface area contributed by atoms with Crippen LogP contribution in [0.5, 0.6) is 0 Å². The summed E-state index contributed by atoms with van der Waals surface area (Å²) in [4.78, 5) is 8.20. The highest BCUT2D eigenvalue weighted by molar-refractivity contribution is 5.29. The highest BCUT2D eigenvalue weighted by Gasteiger charge is 2.10. The summed E-state index contributed by atoms with van der Waals surface area (Å²) in [6, 6.07) is 1.95. The molecule has 1 heterocycles. The summed E-state index contributed by atoms with van der Waals surface area (Å²) < 4.78 is 0. The quantitative estimate of drug-likeness (QED) is 0.656. The summed E-state index contributed by atoms with van der Waals surface area (Å²) >= 11 is 0. The SMILES string of the molecule is Cc1nc(C#N)nc(C)c1C(C)C. The van der Waals surface area contributed by atoms with E-state index < -0.39 is 0 Å². The second kappa shape index (κ2) is 3.53. The third kappa shape index (κ3) is 1.83. The van der Waals surface area contributed by atoms with E-state index in [4.69, 9.17) is 5.26 Å². The monoisotopic (exact) mass is 175 g/mol. The van der Waals surface area contributed by atoms with Crippen molar-refractivity contribution in [1.29, 1.82) is 5.26 Å². The molecule has 0 aliphatic carbocycles. The Hall–Kier alpha value is -1.43.